The summed E-state index contributed by atoms with van der Waals surface area (Å²) in [4.78, 5) is 12.6. The Morgan fingerprint density at radius 3 is 2.58 bits per heavy atom. The molecular weight excluding hydrogens is 260 g/mol. The van der Waals surface area contributed by atoms with Crippen LogP contribution in [0.1, 0.15) is 27.0 Å². The molecule has 0 saturated heterocycles. The van der Waals surface area contributed by atoms with Gasteiger partial charge in [0, 0.05) is 16.1 Å². The number of rotatable bonds is 1. The number of hydrogen-bond acceptors (Lipinski definition) is 2. The predicted molar refractivity (Wildman–Crippen MR) is 75.3 cm³/mol. The van der Waals surface area contributed by atoms with Crippen molar-refractivity contribution in [3.8, 4) is 5.75 Å². The molecular formula is C16H13ClO2. The van der Waals surface area contributed by atoms with Crippen molar-refractivity contribution in [2.24, 2.45) is 0 Å². The molecule has 0 heterocycles. The summed E-state index contributed by atoms with van der Waals surface area (Å²) in [6, 6.07) is 11.2. The Labute approximate surface area is 117 Å². The quantitative estimate of drug-likeness (QED) is 0.792. The fraction of sp³-hybridized carbons (Fsp3) is 0.188. The lowest BCUT2D eigenvalue weighted by Crippen LogP contribution is -2.04. The second-order valence-corrected chi connectivity index (χ2v) is 5.09. The molecule has 0 unspecified atom stereocenters. The van der Waals surface area contributed by atoms with E-state index in [4.69, 9.17) is 16.3 Å². The van der Waals surface area contributed by atoms with Gasteiger partial charge in [0.15, 0.2) is 5.78 Å². The van der Waals surface area contributed by atoms with Gasteiger partial charge in [0.25, 0.3) is 0 Å². The van der Waals surface area contributed by atoms with Crippen LogP contribution in [0.5, 0.6) is 5.75 Å². The molecule has 0 fully saturated rings. The minimum absolute atomic E-state index is 0.0538. The summed E-state index contributed by atoms with van der Waals surface area (Å²) in [6.45, 7) is 0. The molecule has 0 N–H and O–H groups in total. The lowest BCUT2D eigenvalue weighted by molar-refractivity contribution is 0.103. The summed E-state index contributed by atoms with van der Waals surface area (Å²) in [6.07, 6.45) is 1.68. The molecule has 3 rings (SSSR count). The summed E-state index contributed by atoms with van der Waals surface area (Å²) in [7, 11) is 1.61. The summed E-state index contributed by atoms with van der Waals surface area (Å²) in [5.74, 6) is 0.766. The van der Waals surface area contributed by atoms with Gasteiger partial charge in [0.1, 0.15) is 5.75 Å². The van der Waals surface area contributed by atoms with Crippen molar-refractivity contribution in [2.45, 2.75) is 12.8 Å². The Hall–Kier alpha value is -1.80. The van der Waals surface area contributed by atoms with E-state index in [9.17, 15) is 4.79 Å². The first-order valence-electron chi connectivity index (χ1n) is 6.19. The normalized spacial score (nSPS) is 13.5. The Balaban J connectivity index is 2.16. The second kappa shape index (κ2) is 4.71. The predicted octanol–water partition coefficient (Wildman–Crippen LogP) is 3.68. The second-order valence-electron chi connectivity index (χ2n) is 4.65. The number of hydrogen-bond donors (Lipinski definition) is 0. The zero-order chi connectivity index (χ0) is 13.4. The highest BCUT2D eigenvalue weighted by molar-refractivity contribution is 6.30. The molecule has 1 aliphatic carbocycles. The van der Waals surface area contributed by atoms with Gasteiger partial charge in [-0.1, -0.05) is 17.7 Å². The third-order valence-electron chi connectivity index (χ3n) is 3.54. The molecule has 0 saturated carbocycles. The molecule has 0 aromatic heterocycles. The van der Waals surface area contributed by atoms with Crippen LogP contribution in [0.3, 0.4) is 0 Å². The van der Waals surface area contributed by atoms with Crippen molar-refractivity contribution in [1.82, 2.24) is 0 Å². The fourth-order valence-electron chi connectivity index (χ4n) is 2.52. The lowest BCUT2D eigenvalue weighted by Gasteiger charge is -2.07. The Morgan fingerprint density at radius 2 is 1.79 bits per heavy atom. The number of carbonyl (C=O) groups excluding carboxylic acids is 1. The molecule has 0 atom stereocenters. The van der Waals surface area contributed by atoms with Crippen LogP contribution in [0.2, 0.25) is 5.02 Å². The molecule has 0 radical (unpaired) electrons. The summed E-state index contributed by atoms with van der Waals surface area (Å²) < 4.78 is 5.20. The van der Waals surface area contributed by atoms with E-state index in [-0.39, 0.29) is 5.78 Å². The van der Waals surface area contributed by atoms with Crippen LogP contribution in [0.4, 0.5) is 0 Å². The van der Waals surface area contributed by atoms with Crippen molar-refractivity contribution in [1.29, 1.82) is 0 Å². The number of halogens is 1. The number of ketones is 1. The molecule has 96 valence electrons. The molecule has 2 nitrogen and oxygen atoms in total. The van der Waals surface area contributed by atoms with E-state index < -0.39 is 0 Å². The Bertz CT molecular complexity index is 662. The van der Waals surface area contributed by atoms with Gasteiger partial charge >= 0.3 is 0 Å². The van der Waals surface area contributed by atoms with Crippen LogP contribution in [0.15, 0.2) is 36.4 Å². The third-order valence-corrected chi connectivity index (χ3v) is 3.77. The molecule has 2 aromatic carbocycles. The van der Waals surface area contributed by atoms with Crippen molar-refractivity contribution in [3.63, 3.8) is 0 Å². The van der Waals surface area contributed by atoms with Crippen molar-refractivity contribution >= 4 is 17.4 Å². The molecule has 0 amide bonds. The number of benzene rings is 2. The summed E-state index contributed by atoms with van der Waals surface area (Å²) in [5.41, 5.74) is 3.57. The van der Waals surface area contributed by atoms with E-state index in [1.54, 1.807) is 13.2 Å². The Morgan fingerprint density at radius 1 is 1.00 bits per heavy atom. The smallest absolute Gasteiger partial charge is 0.193 e. The highest BCUT2D eigenvalue weighted by atomic mass is 35.5. The van der Waals surface area contributed by atoms with Gasteiger partial charge < -0.3 is 4.74 Å². The van der Waals surface area contributed by atoms with E-state index in [1.807, 2.05) is 30.3 Å². The number of fused-ring (bicyclic) bond motifs is 2. The van der Waals surface area contributed by atoms with Crippen molar-refractivity contribution < 1.29 is 9.53 Å². The molecule has 0 spiro atoms. The zero-order valence-electron chi connectivity index (χ0n) is 10.6. The highest BCUT2D eigenvalue weighted by Gasteiger charge is 2.21. The monoisotopic (exact) mass is 272 g/mol. The lowest BCUT2D eigenvalue weighted by atomic mass is 9.99. The maximum Gasteiger partial charge on any atom is 0.193 e. The third kappa shape index (κ3) is 2.13. The average Bonchev–Trinajstić information content (AvgIpc) is 2.56. The minimum Gasteiger partial charge on any atom is -0.497 e. The standard InChI is InChI=1S/C16H13ClO2/c1-19-13-6-4-10-2-3-11-8-12(17)5-7-14(11)16(18)15(10)9-13/h4-9H,2-3H2,1H3. The fourth-order valence-corrected chi connectivity index (χ4v) is 2.71. The first-order chi connectivity index (χ1) is 9.19. The molecule has 3 heteroatoms. The molecule has 1 aliphatic rings. The highest BCUT2D eigenvalue weighted by Crippen LogP contribution is 2.28. The maximum atomic E-state index is 12.6. The van der Waals surface area contributed by atoms with E-state index in [0.717, 1.165) is 35.1 Å². The van der Waals surface area contributed by atoms with E-state index in [2.05, 4.69) is 0 Å². The van der Waals surface area contributed by atoms with Gasteiger partial charge in [-0.2, -0.15) is 0 Å². The van der Waals surface area contributed by atoms with Crippen LogP contribution in [-0.2, 0) is 12.8 Å². The molecule has 19 heavy (non-hydrogen) atoms. The number of ether oxygens (including phenoxy) is 1. The van der Waals surface area contributed by atoms with E-state index in [1.165, 1.54) is 0 Å². The van der Waals surface area contributed by atoms with Crippen molar-refractivity contribution in [3.05, 3.63) is 63.7 Å². The van der Waals surface area contributed by atoms with Crippen LogP contribution in [-0.4, -0.2) is 12.9 Å². The molecule has 2 aromatic rings. The molecule has 0 bridgehead atoms. The Kier molecular flexibility index (Phi) is 3.03. The molecule has 0 aliphatic heterocycles. The number of methoxy groups -OCH3 is 1. The van der Waals surface area contributed by atoms with E-state index in [0.29, 0.717) is 10.8 Å². The van der Waals surface area contributed by atoms with Gasteiger partial charge in [-0.15, -0.1) is 0 Å². The number of carbonyl (C=O) groups is 1. The first-order valence-corrected chi connectivity index (χ1v) is 6.57. The van der Waals surface area contributed by atoms with Crippen LogP contribution >= 0.6 is 11.6 Å². The van der Waals surface area contributed by atoms with Gasteiger partial charge in [0.2, 0.25) is 0 Å². The van der Waals surface area contributed by atoms with Crippen LogP contribution < -0.4 is 4.74 Å². The van der Waals surface area contributed by atoms with E-state index >= 15 is 0 Å². The first kappa shape index (κ1) is 12.2. The minimum atomic E-state index is 0.0538. The van der Waals surface area contributed by atoms with Crippen LogP contribution in [0.25, 0.3) is 0 Å². The van der Waals surface area contributed by atoms with Gasteiger partial charge in [-0.3, -0.25) is 4.79 Å². The van der Waals surface area contributed by atoms with Gasteiger partial charge in [0.05, 0.1) is 7.11 Å². The van der Waals surface area contributed by atoms with Crippen molar-refractivity contribution in [2.75, 3.05) is 7.11 Å². The van der Waals surface area contributed by atoms with Gasteiger partial charge in [-0.25, -0.2) is 0 Å². The number of aryl methyl sites for hydroxylation is 2. The van der Waals surface area contributed by atoms with Crippen LogP contribution in [0, 0.1) is 0 Å². The SMILES string of the molecule is COc1ccc2c(c1)C(=O)c1ccc(Cl)cc1CC2. The summed E-state index contributed by atoms with van der Waals surface area (Å²) >= 11 is 6.01. The largest absolute Gasteiger partial charge is 0.497 e. The topological polar surface area (TPSA) is 26.3 Å². The average molecular weight is 273 g/mol. The summed E-state index contributed by atoms with van der Waals surface area (Å²) in [5, 5.41) is 0.676. The maximum absolute atomic E-state index is 12.6. The van der Waals surface area contributed by atoms with Gasteiger partial charge in [-0.05, 0) is 54.3 Å². The zero-order valence-corrected chi connectivity index (χ0v) is 11.3.